The first-order valence-electron chi connectivity index (χ1n) is 9.06. The van der Waals surface area contributed by atoms with Gasteiger partial charge in [-0.3, -0.25) is 19.2 Å². The van der Waals surface area contributed by atoms with Crippen LogP contribution in [0, 0.1) is 5.92 Å². The van der Waals surface area contributed by atoms with Crippen LogP contribution in [0.25, 0.3) is 0 Å². The molecule has 0 aromatic heterocycles. The van der Waals surface area contributed by atoms with E-state index in [1.807, 2.05) is 6.92 Å². The van der Waals surface area contributed by atoms with Crippen LogP contribution in [0.15, 0.2) is 0 Å². The first-order chi connectivity index (χ1) is 12.2. The van der Waals surface area contributed by atoms with Crippen LogP contribution in [0.2, 0.25) is 0 Å². The number of hydrogen-bond acceptors (Lipinski definition) is 5. The van der Waals surface area contributed by atoms with Crippen molar-refractivity contribution < 1.29 is 39.2 Å². The molecule has 8 heteroatoms. The van der Waals surface area contributed by atoms with Gasteiger partial charge in [0.05, 0.1) is 25.4 Å². The Morgan fingerprint density at radius 3 is 1.73 bits per heavy atom. The highest BCUT2D eigenvalue weighted by Crippen LogP contribution is 2.15. The van der Waals surface area contributed by atoms with Crippen LogP contribution >= 0.6 is 0 Å². The van der Waals surface area contributed by atoms with E-state index in [1.165, 1.54) is 12.8 Å². The molecule has 0 saturated carbocycles. The van der Waals surface area contributed by atoms with Crippen molar-refractivity contribution in [3.63, 3.8) is 0 Å². The third-order valence-electron chi connectivity index (χ3n) is 3.56. The highest BCUT2D eigenvalue weighted by atomic mass is 16.5. The second kappa shape index (κ2) is 17.7. The molecule has 1 unspecified atom stereocenters. The monoisotopic (exact) mass is 376 g/mol. The van der Waals surface area contributed by atoms with Crippen molar-refractivity contribution in [2.45, 2.75) is 78.1 Å². The van der Waals surface area contributed by atoms with Gasteiger partial charge in [-0.1, -0.05) is 33.1 Å². The molecular formula is C18H32O8. The van der Waals surface area contributed by atoms with Gasteiger partial charge in [-0.2, -0.15) is 0 Å². The highest BCUT2D eigenvalue weighted by molar-refractivity contribution is 5.75. The average molecular weight is 376 g/mol. The van der Waals surface area contributed by atoms with Gasteiger partial charge in [-0.05, 0) is 25.7 Å². The Morgan fingerprint density at radius 2 is 1.31 bits per heavy atom. The highest BCUT2D eigenvalue weighted by Gasteiger charge is 2.17. The van der Waals surface area contributed by atoms with Crippen LogP contribution in [0.4, 0.5) is 0 Å². The molecule has 0 heterocycles. The largest absolute Gasteiger partial charge is 0.481 e. The van der Waals surface area contributed by atoms with E-state index in [4.69, 9.17) is 20.1 Å². The molecule has 0 aliphatic rings. The maximum absolute atomic E-state index is 11.7. The van der Waals surface area contributed by atoms with Gasteiger partial charge < -0.3 is 20.1 Å². The molecule has 1 atom stereocenters. The molecular weight excluding hydrogens is 344 g/mol. The molecule has 0 fully saturated rings. The summed E-state index contributed by atoms with van der Waals surface area (Å²) in [6.45, 7) is 4.57. The van der Waals surface area contributed by atoms with E-state index in [0.717, 1.165) is 12.8 Å². The van der Waals surface area contributed by atoms with Gasteiger partial charge in [0.25, 0.3) is 0 Å². The second-order valence-corrected chi connectivity index (χ2v) is 5.91. The predicted octanol–water partition coefficient (Wildman–Crippen LogP) is 3.33. The summed E-state index contributed by atoms with van der Waals surface area (Å²) in [5.74, 6) is -3.27. The summed E-state index contributed by atoms with van der Waals surface area (Å²) in [4.78, 5) is 41.4. The van der Waals surface area contributed by atoms with Crippen LogP contribution < -0.4 is 0 Å². The summed E-state index contributed by atoms with van der Waals surface area (Å²) >= 11 is 0. The summed E-state index contributed by atoms with van der Waals surface area (Å²) in [7, 11) is 0. The topological polar surface area (TPSA) is 138 Å². The zero-order chi connectivity index (χ0) is 20.4. The summed E-state index contributed by atoms with van der Waals surface area (Å²) in [5, 5.41) is 24.3. The zero-order valence-electron chi connectivity index (χ0n) is 15.7. The summed E-state index contributed by atoms with van der Waals surface area (Å²) in [6, 6.07) is 0. The number of carboxylic acid groups (broad SMARTS) is 3. The number of aliphatic carboxylic acids is 3. The molecule has 26 heavy (non-hydrogen) atoms. The van der Waals surface area contributed by atoms with E-state index in [9.17, 15) is 19.2 Å². The van der Waals surface area contributed by atoms with Gasteiger partial charge in [0.2, 0.25) is 0 Å². The standard InChI is InChI=1S/C14H26O4.C4H6O4/c1-3-5-6-7-11-18-14(17)12(4-2)9-8-10-13(15)16;5-3(6)1-2-4(7)8/h12H,3-11H2,1-2H3,(H,15,16);1-2H2,(H,5,6)(H,7,8). The lowest BCUT2D eigenvalue weighted by atomic mass is 9.99. The number of carboxylic acids is 3. The fourth-order valence-electron chi connectivity index (χ4n) is 2.02. The molecule has 0 radical (unpaired) electrons. The fourth-order valence-corrected chi connectivity index (χ4v) is 2.02. The number of hydrogen-bond donors (Lipinski definition) is 3. The Morgan fingerprint density at radius 1 is 0.769 bits per heavy atom. The molecule has 0 saturated heterocycles. The molecule has 0 aliphatic heterocycles. The molecule has 0 spiro atoms. The first-order valence-corrected chi connectivity index (χ1v) is 9.06. The van der Waals surface area contributed by atoms with Crippen LogP contribution in [0.1, 0.15) is 78.1 Å². The maximum atomic E-state index is 11.7. The summed E-state index contributed by atoms with van der Waals surface area (Å²) in [5.41, 5.74) is 0. The minimum absolute atomic E-state index is 0.125. The Hall–Kier alpha value is -2.12. The molecule has 3 N–H and O–H groups in total. The van der Waals surface area contributed by atoms with E-state index in [2.05, 4.69) is 6.92 Å². The first kappa shape index (κ1) is 26.1. The normalized spacial score (nSPS) is 11.0. The third kappa shape index (κ3) is 19.9. The lowest BCUT2D eigenvalue weighted by Crippen LogP contribution is -2.18. The van der Waals surface area contributed by atoms with Crippen molar-refractivity contribution in [3.8, 4) is 0 Å². The van der Waals surface area contributed by atoms with E-state index >= 15 is 0 Å². The predicted molar refractivity (Wildman–Crippen MR) is 94.9 cm³/mol. The molecule has 0 amide bonds. The van der Waals surface area contributed by atoms with Crippen LogP contribution in [0.5, 0.6) is 0 Å². The lowest BCUT2D eigenvalue weighted by molar-refractivity contribution is -0.149. The molecule has 0 rings (SSSR count). The number of carbonyl (C=O) groups excluding carboxylic acids is 1. The van der Waals surface area contributed by atoms with Gasteiger partial charge in [-0.25, -0.2) is 0 Å². The lowest BCUT2D eigenvalue weighted by Gasteiger charge is -2.13. The van der Waals surface area contributed by atoms with Crippen molar-refractivity contribution in [2.75, 3.05) is 6.61 Å². The van der Waals surface area contributed by atoms with Gasteiger partial charge in [0.15, 0.2) is 0 Å². The number of rotatable bonds is 14. The van der Waals surface area contributed by atoms with Crippen molar-refractivity contribution in [1.82, 2.24) is 0 Å². The van der Waals surface area contributed by atoms with Gasteiger partial charge in [-0.15, -0.1) is 0 Å². The molecule has 0 aromatic carbocycles. The molecule has 8 nitrogen and oxygen atoms in total. The Kier molecular flexibility index (Phi) is 17.8. The van der Waals surface area contributed by atoms with E-state index in [1.54, 1.807) is 0 Å². The number of esters is 1. The van der Waals surface area contributed by atoms with Crippen molar-refractivity contribution in [3.05, 3.63) is 0 Å². The van der Waals surface area contributed by atoms with Crippen LogP contribution in [-0.4, -0.2) is 45.8 Å². The summed E-state index contributed by atoms with van der Waals surface area (Å²) in [6.07, 6.45) is 5.76. The molecule has 0 bridgehead atoms. The Labute approximate surface area is 154 Å². The number of unbranched alkanes of at least 4 members (excludes halogenated alkanes) is 3. The second-order valence-electron chi connectivity index (χ2n) is 5.91. The van der Waals surface area contributed by atoms with Crippen molar-refractivity contribution in [1.29, 1.82) is 0 Å². The van der Waals surface area contributed by atoms with Gasteiger partial charge in [0, 0.05) is 6.42 Å². The van der Waals surface area contributed by atoms with E-state index in [-0.39, 0.29) is 31.1 Å². The molecule has 0 aliphatic carbocycles. The Bertz CT molecular complexity index is 405. The fraction of sp³-hybridized carbons (Fsp3) is 0.778. The quantitative estimate of drug-likeness (QED) is 0.310. The SMILES string of the molecule is CCCCCCOC(=O)C(CC)CCCC(=O)O.O=C(O)CCC(=O)O. The summed E-state index contributed by atoms with van der Waals surface area (Å²) < 4.78 is 5.21. The van der Waals surface area contributed by atoms with Crippen molar-refractivity contribution >= 4 is 23.9 Å². The van der Waals surface area contributed by atoms with E-state index < -0.39 is 17.9 Å². The zero-order valence-corrected chi connectivity index (χ0v) is 15.7. The van der Waals surface area contributed by atoms with E-state index in [0.29, 0.717) is 25.9 Å². The number of ether oxygens (including phenoxy) is 1. The van der Waals surface area contributed by atoms with Gasteiger partial charge in [0.1, 0.15) is 0 Å². The van der Waals surface area contributed by atoms with Gasteiger partial charge >= 0.3 is 23.9 Å². The third-order valence-corrected chi connectivity index (χ3v) is 3.56. The van der Waals surface area contributed by atoms with Crippen molar-refractivity contribution in [2.24, 2.45) is 5.92 Å². The average Bonchev–Trinajstić information content (AvgIpc) is 2.57. The minimum atomic E-state index is -1.08. The molecule has 0 aromatic rings. The maximum Gasteiger partial charge on any atom is 0.308 e. The smallest absolute Gasteiger partial charge is 0.308 e. The minimum Gasteiger partial charge on any atom is -0.481 e. The van der Waals surface area contributed by atoms with Crippen LogP contribution in [0.3, 0.4) is 0 Å². The molecule has 152 valence electrons. The van der Waals surface area contributed by atoms with Crippen LogP contribution in [-0.2, 0) is 23.9 Å². The Balaban J connectivity index is 0. The number of carbonyl (C=O) groups is 4.